The topological polar surface area (TPSA) is 89.5 Å². The summed E-state index contributed by atoms with van der Waals surface area (Å²) in [6.07, 6.45) is 2.07. The summed E-state index contributed by atoms with van der Waals surface area (Å²) in [5.41, 5.74) is -0.366. The number of amides is 1. The number of aromatic amines is 1. The molecule has 0 unspecified atom stereocenters. The smallest absolute Gasteiger partial charge is 0.367 e. The maximum Gasteiger partial charge on any atom is 0.417 e. The van der Waals surface area contributed by atoms with Crippen LogP contribution in [0.15, 0.2) is 47.7 Å². The fraction of sp³-hybridized carbons (Fsp3) is 0.433. The zero-order chi connectivity index (χ0) is 31.1. The molecule has 43 heavy (non-hydrogen) atoms. The Morgan fingerprint density at radius 1 is 1.14 bits per heavy atom. The van der Waals surface area contributed by atoms with Crippen LogP contribution < -0.4 is 15.8 Å². The van der Waals surface area contributed by atoms with Crippen LogP contribution >= 0.6 is 0 Å². The number of aryl methyl sites for hydroxylation is 1. The normalized spacial score (nSPS) is 20.3. The quantitative estimate of drug-likeness (QED) is 0.409. The van der Waals surface area contributed by atoms with Gasteiger partial charge in [0.15, 0.2) is 0 Å². The molecular weight excluding hydrogens is 566 g/mol. The number of rotatable bonds is 6. The lowest BCUT2D eigenvalue weighted by Gasteiger charge is -2.44. The van der Waals surface area contributed by atoms with Crippen molar-refractivity contribution in [3.05, 3.63) is 81.3 Å². The molecule has 3 aromatic rings. The third-order valence-electron chi connectivity index (χ3n) is 8.31. The van der Waals surface area contributed by atoms with Crippen molar-refractivity contribution in [1.29, 1.82) is 0 Å². The molecular formula is C30H35F4N7O2. The molecule has 2 aromatic heterocycles. The lowest BCUT2D eigenvalue weighted by Crippen LogP contribution is -2.55. The van der Waals surface area contributed by atoms with Gasteiger partial charge in [0.05, 0.1) is 28.7 Å². The Bertz CT molecular complexity index is 1580. The van der Waals surface area contributed by atoms with Crippen LogP contribution in [0.4, 0.5) is 28.9 Å². The molecule has 1 saturated heterocycles. The number of pyridine rings is 1. The highest BCUT2D eigenvalue weighted by molar-refractivity contribution is 6.07. The Hall–Kier alpha value is -3.97. The molecule has 0 aliphatic carbocycles. The molecule has 2 atom stereocenters. The van der Waals surface area contributed by atoms with Crippen molar-refractivity contribution in [1.82, 2.24) is 24.6 Å². The molecule has 4 heterocycles. The average molecular weight is 602 g/mol. The van der Waals surface area contributed by atoms with E-state index in [0.29, 0.717) is 50.9 Å². The third-order valence-corrected chi connectivity index (χ3v) is 8.31. The Kier molecular flexibility index (Phi) is 8.48. The number of halogens is 4. The number of hydrogen-bond acceptors (Lipinski definition) is 6. The molecule has 2 N–H and O–H groups in total. The maximum atomic E-state index is 15.8. The number of benzene rings is 1. The number of carbonyl (C=O) groups excluding carboxylic acids is 1. The second kappa shape index (κ2) is 12.0. The van der Waals surface area contributed by atoms with E-state index in [9.17, 15) is 22.8 Å². The van der Waals surface area contributed by atoms with Crippen molar-refractivity contribution >= 4 is 22.9 Å². The van der Waals surface area contributed by atoms with Gasteiger partial charge in [0.25, 0.3) is 5.91 Å². The van der Waals surface area contributed by atoms with Crippen molar-refractivity contribution in [3.8, 4) is 0 Å². The van der Waals surface area contributed by atoms with E-state index in [2.05, 4.69) is 25.2 Å². The number of nitrogens with one attached hydrogen (secondary N) is 2. The van der Waals surface area contributed by atoms with Gasteiger partial charge in [-0.15, -0.1) is 0 Å². The van der Waals surface area contributed by atoms with E-state index < -0.39 is 34.6 Å². The van der Waals surface area contributed by atoms with Crippen LogP contribution in [0.25, 0.3) is 5.57 Å². The molecule has 230 valence electrons. The molecule has 0 bridgehead atoms. The van der Waals surface area contributed by atoms with Crippen molar-refractivity contribution in [2.75, 3.05) is 43.4 Å². The number of likely N-dealkylation sites (N-methyl/N-ethyl adjacent to an activating group) is 1. The third kappa shape index (κ3) is 6.67. The zero-order valence-corrected chi connectivity index (χ0v) is 24.5. The summed E-state index contributed by atoms with van der Waals surface area (Å²) in [6, 6.07) is 3.45. The second-order valence-corrected chi connectivity index (χ2v) is 11.4. The van der Waals surface area contributed by atoms with E-state index in [0.717, 1.165) is 17.3 Å². The number of hydrogen-bond donors (Lipinski definition) is 2. The van der Waals surface area contributed by atoms with Gasteiger partial charge in [-0.25, -0.2) is 4.39 Å². The monoisotopic (exact) mass is 601 g/mol. The van der Waals surface area contributed by atoms with Gasteiger partial charge in [-0.2, -0.15) is 18.3 Å². The lowest BCUT2D eigenvalue weighted by molar-refractivity contribution is -0.138. The Morgan fingerprint density at radius 2 is 1.86 bits per heavy atom. The number of nitrogens with zero attached hydrogens (tertiary/aromatic N) is 5. The van der Waals surface area contributed by atoms with Gasteiger partial charge in [-0.05, 0) is 45.0 Å². The van der Waals surface area contributed by atoms with E-state index in [1.54, 1.807) is 10.9 Å². The van der Waals surface area contributed by atoms with E-state index in [-0.39, 0.29) is 23.3 Å². The van der Waals surface area contributed by atoms with E-state index in [1.807, 2.05) is 45.1 Å². The molecule has 2 aliphatic heterocycles. The number of anilines is 2. The summed E-state index contributed by atoms with van der Waals surface area (Å²) >= 11 is 0. The molecule has 1 aromatic carbocycles. The predicted molar refractivity (Wildman–Crippen MR) is 156 cm³/mol. The summed E-state index contributed by atoms with van der Waals surface area (Å²) in [5, 5.41) is 6.82. The SMILES string of the molecule is C[C@@H]1CN(c2cc(F)c(C3=CCN(Cc4cnn(C)c4)CC3)cc2NC(=O)c2c[nH]c(=O)cc2C(F)(F)F)C[C@H](C)N1C. The van der Waals surface area contributed by atoms with Crippen molar-refractivity contribution in [2.45, 2.75) is 45.1 Å². The first-order valence-corrected chi connectivity index (χ1v) is 14.1. The Morgan fingerprint density at radius 3 is 2.47 bits per heavy atom. The predicted octanol–water partition coefficient (Wildman–Crippen LogP) is 4.34. The fourth-order valence-corrected chi connectivity index (χ4v) is 5.77. The Balaban J connectivity index is 1.49. The van der Waals surface area contributed by atoms with Crippen molar-refractivity contribution in [2.24, 2.45) is 7.05 Å². The van der Waals surface area contributed by atoms with Crippen LogP contribution in [0.5, 0.6) is 0 Å². The van der Waals surface area contributed by atoms with Gasteiger partial charge in [-0.1, -0.05) is 6.08 Å². The van der Waals surface area contributed by atoms with Crippen LogP contribution in [0.2, 0.25) is 0 Å². The van der Waals surface area contributed by atoms with Crippen LogP contribution in [0.3, 0.4) is 0 Å². The standard InChI is InChI=1S/C30H35F4N7O2/c1-18-14-41(15-19(2)39(18)4)27-11-25(31)22(21-5-7-40(8-6-21)17-20-12-36-38(3)16-20)9-26(27)37-29(43)23-13-35-28(42)10-24(23)30(32,33)34/h5,9-13,16,18-19H,6-8,14-15,17H2,1-4H3,(H,35,42)(H,37,43)/t18-,19+. The van der Waals surface area contributed by atoms with E-state index in [4.69, 9.17) is 0 Å². The van der Waals surface area contributed by atoms with Crippen LogP contribution in [-0.4, -0.2) is 75.8 Å². The van der Waals surface area contributed by atoms with Crippen molar-refractivity contribution in [3.63, 3.8) is 0 Å². The molecule has 0 saturated carbocycles. The van der Waals surface area contributed by atoms with Gasteiger partial charge in [0, 0.05) is 81.4 Å². The second-order valence-electron chi connectivity index (χ2n) is 11.4. The highest BCUT2D eigenvalue weighted by Crippen LogP contribution is 2.37. The summed E-state index contributed by atoms with van der Waals surface area (Å²) < 4.78 is 58.8. The number of aromatic nitrogens is 3. The van der Waals surface area contributed by atoms with Crippen molar-refractivity contribution < 1.29 is 22.4 Å². The first kappa shape index (κ1) is 30.5. The largest absolute Gasteiger partial charge is 0.417 e. The number of carbonyl (C=O) groups is 1. The van der Waals surface area contributed by atoms with Crippen LogP contribution in [0.1, 0.15) is 47.3 Å². The molecule has 13 heteroatoms. The Labute approximate surface area is 246 Å². The van der Waals surface area contributed by atoms with Crippen LogP contribution in [0, 0.1) is 5.82 Å². The molecule has 5 rings (SSSR count). The fourth-order valence-electron chi connectivity index (χ4n) is 5.77. The zero-order valence-electron chi connectivity index (χ0n) is 24.5. The minimum atomic E-state index is -4.92. The minimum absolute atomic E-state index is 0.109. The number of piperazine rings is 1. The summed E-state index contributed by atoms with van der Waals surface area (Å²) in [7, 11) is 3.85. The van der Waals surface area contributed by atoms with Gasteiger partial charge < -0.3 is 15.2 Å². The maximum absolute atomic E-state index is 15.8. The highest BCUT2D eigenvalue weighted by atomic mass is 19.4. The van der Waals surface area contributed by atoms with Crippen LogP contribution in [-0.2, 0) is 19.8 Å². The molecule has 1 amide bonds. The molecule has 1 fully saturated rings. The number of H-pyrrole nitrogens is 1. The average Bonchev–Trinajstić information content (AvgIpc) is 3.36. The number of alkyl halides is 3. The first-order valence-electron chi connectivity index (χ1n) is 14.1. The summed E-state index contributed by atoms with van der Waals surface area (Å²) in [6.45, 7) is 7.07. The first-order chi connectivity index (χ1) is 20.3. The van der Waals surface area contributed by atoms with E-state index >= 15 is 4.39 Å². The summed E-state index contributed by atoms with van der Waals surface area (Å²) in [4.78, 5) is 33.5. The lowest BCUT2D eigenvalue weighted by atomic mass is 9.96. The molecule has 9 nitrogen and oxygen atoms in total. The molecule has 0 spiro atoms. The van der Waals surface area contributed by atoms with Gasteiger partial charge in [-0.3, -0.25) is 24.1 Å². The minimum Gasteiger partial charge on any atom is -0.367 e. The van der Waals surface area contributed by atoms with E-state index in [1.165, 1.54) is 12.1 Å². The molecule has 2 aliphatic rings. The van der Waals surface area contributed by atoms with Gasteiger partial charge in [0.2, 0.25) is 5.56 Å². The highest BCUT2D eigenvalue weighted by Gasteiger charge is 2.36. The van der Waals surface area contributed by atoms with Gasteiger partial charge in [0.1, 0.15) is 5.82 Å². The summed E-state index contributed by atoms with van der Waals surface area (Å²) in [5.74, 6) is -1.53. The molecule has 0 radical (unpaired) electrons. The van der Waals surface area contributed by atoms with Gasteiger partial charge >= 0.3 is 6.18 Å².